The molecule has 35 heavy (non-hydrogen) atoms. The van der Waals surface area contributed by atoms with Crippen molar-refractivity contribution in [2.75, 3.05) is 0 Å². The second-order valence-corrected chi connectivity index (χ2v) is 10.5. The zero-order chi connectivity index (χ0) is 25.8. The van der Waals surface area contributed by atoms with Crippen LogP contribution in [0.15, 0.2) is 52.0 Å². The summed E-state index contributed by atoms with van der Waals surface area (Å²) < 4.78 is 43.4. The summed E-state index contributed by atoms with van der Waals surface area (Å²) >= 11 is 16.9. The van der Waals surface area contributed by atoms with E-state index < -0.39 is 12.1 Å². The molecule has 2 N–H and O–H groups in total. The van der Waals surface area contributed by atoms with Gasteiger partial charge in [0, 0.05) is 38.1 Å². The third-order valence-corrected chi connectivity index (χ3v) is 7.71. The van der Waals surface area contributed by atoms with Crippen molar-refractivity contribution in [1.82, 2.24) is 9.55 Å². The molecule has 2 aromatic carbocycles. The topological polar surface area (TPSA) is 56.2 Å². The molecule has 0 aliphatic heterocycles. The molecule has 0 aliphatic carbocycles. The molecule has 1 heterocycles. The van der Waals surface area contributed by atoms with Crippen molar-refractivity contribution in [3.8, 4) is 5.69 Å². The molecule has 0 amide bonds. The van der Waals surface area contributed by atoms with Crippen LogP contribution in [0.25, 0.3) is 5.69 Å². The van der Waals surface area contributed by atoms with E-state index in [2.05, 4.69) is 21.0 Å². The third kappa shape index (κ3) is 6.76. The van der Waals surface area contributed by atoms with E-state index in [-0.39, 0.29) is 17.2 Å². The molecule has 0 bridgehead atoms. The number of hydrogen-bond donors (Lipinski definition) is 1. The molecule has 1 aromatic heterocycles. The van der Waals surface area contributed by atoms with Crippen LogP contribution in [0.3, 0.4) is 0 Å². The van der Waals surface area contributed by atoms with Gasteiger partial charge >= 0.3 is 6.18 Å². The quantitative estimate of drug-likeness (QED) is 0.122. The Morgan fingerprint density at radius 2 is 1.86 bits per heavy atom. The highest BCUT2D eigenvalue weighted by molar-refractivity contribution is 9.10. The average molecular weight is 608 g/mol. The van der Waals surface area contributed by atoms with Gasteiger partial charge in [-0.2, -0.15) is 18.3 Å². The summed E-state index contributed by atoms with van der Waals surface area (Å²) in [6, 6.07) is 13.1. The molecule has 1 unspecified atom stereocenters. The zero-order valence-electron chi connectivity index (χ0n) is 19.0. The smallest absolute Gasteiger partial charge is 0.323 e. The minimum atomic E-state index is -4.42. The van der Waals surface area contributed by atoms with Gasteiger partial charge in [0.15, 0.2) is 0 Å². The van der Waals surface area contributed by atoms with Crippen molar-refractivity contribution in [3.05, 3.63) is 79.8 Å². The summed E-state index contributed by atoms with van der Waals surface area (Å²) in [7, 11) is 0. The number of hydrazone groups is 1. The van der Waals surface area contributed by atoms with Crippen LogP contribution in [-0.2, 0) is 18.6 Å². The van der Waals surface area contributed by atoms with E-state index in [9.17, 15) is 13.2 Å². The number of alkyl halides is 3. The SMILES string of the molecule is CCc1c(CS/C(=N\N)C(CC)C(F)(F)F)nc(Cc2ccc(Cl)cc2Cl)n1-c1ccc(Br)cc1. The lowest BCUT2D eigenvalue weighted by atomic mass is 10.1. The minimum absolute atomic E-state index is 0.138. The van der Waals surface area contributed by atoms with Gasteiger partial charge in [0.2, 0.25) is 0 Å². The summed E-state index contributed by atoms with van der Waals surface area (Å²) in [5.41, 5.74) is 3.31. The second kappa shape index (κ2) is 12.0. The normalized spacial score (nSPS) is 13.3. The fourth-order valence-corrected chi connectivity index (χ4v) is 5.63. The van der Waals surface area contributed by atoms with Crippen LogP contribution < -0.4 is 5.84 Å². The van der Waals surface area contributed by atoms with E-state index in [0.29, 0.717) is 28.6 Å². The highest BCUT2D eigenvalue weighted by Crippen LogP contribution is 2.35. The number of imidazole rings is 1. The fourth-order valence-electron chi connectivity index (χ4n) is 3.80. The Morgan fingerprint density at radius 1 is 1.17 bits per heavy atom. The Morgan fingerprint density at radius 3 is 2.40 bits per heavy atom. The summed E-state index contributed by atoms with van der Waals surface area (Å²) in [5, 5.41) is 4.37. The molecular weight excluding hydrogens is 584 g/mol. The van der Waals surface area contributed by atoms with Crippen LogP contribution in [0, 0.1) is 5.92 Å². The van der Waals surface area contributed by atoms with Crippen molar-refractivity contribution in [1.29, 1.82) is 0 Å². The van der Waals surface area contributed by atoms with Gasteiger partial charge in [0.25, 0.3) is 0 Å². The maximum atomic E-state index is 13.5. The van der Waals surface area contributed by atoms with Crippen molar-refractivity contribution in [2.45, 2.75) is 45.0 Å². The van der Waals surface area contributed by atoms with Crippen LogP contribution >= 0.6 is 50.9 Å². The van der Waals surface area contributed by atoms with E-state index in [4.69, 9.17) is 34.0 Å². The van der Waals surface area contributed by atoms with Crippen LogP contribution in [0.1, 0.15) is 43.0 Å². The van der Waals surface area contributed by atoms with Gasteiger partial charge in [-0.1, -0.05) is 59.0 Å². The van der Waals surface area contributed by atoms with Crippen LogP contribution in [0.4, 0.5) is 13.2 Å². The molecule has 188 valence electrons. The van der Waals surface area contributed by atoms with Crippen molar-refractivity contribution in [3.63, 3.8) is 0 Å². The van der Waals surface area contributed by atoms with Gasteiger partial charge in [0.05, 0.1) is 5.69 Å². The van der Waals surface area contributed by atoms with Crippen molar-refractivity contribution in [2.24, 2.45) is 16.9 Å². The first-order chi connectivity index (χ1) is 16.6. The Kier molecular flexibility index (Phi) is 9.60. The summed E-state index contributed by atoms with van der Waals surface area (Å²) in [6.45, 7) is 3.46. The molecule has 3 aromatic rings. The number of benzene rings is 2. The molecule has 0 spiro atoms. The number of rotatable bonds is 8. The van der Waals surface area contributed by atoms with Gasteiger partial charge in [-0.3, -0.25) is 0 Å². The standard InChI is InChI=1S/C24H24BrCl2F3N4S/c1-3-18(24(28,29)30)23(33-31)35-13-20-21(4-2)34(17-9-6-15(25)7-10-17)22(32-20)11-14-5-8-16(26)12-19(14)27/h5-10,12,18H,3-4,11,13,31H2,1-2H3/b33-23-. The lowest BCUT2D eigenvalue weighted by Crippen LogP contribution is -2.29. The molecule has 11 heteroatoms. The highest BCUT2D eigenvalue weighted by atomic mass is 79.9. The summed E-state index contributed by atoms with van der Waals surface area (Å²) in [6.07, 6.45) is -3.51. The Balaban J connectivity index is 2.03. The molecule has 1 atom stereocenters. The number of thioether (sulfide) groups is 1. The largest absolute Gasteiger partial charge is 0.397 e. The second-order valence-electron chi connectivity index (χ2n) is 7.76. The molecule has 0 radical (unpaired) electrons. The lowest BCUT2D eigenvalue weighted by Gasteiger charge is -2.19. The average Bonchev–Trinajstić information content (AvgIpc) is 3.15. The van der Waals surface area contributed by atoms with Crippen LogP contribution in [0.2, 0.25) is 10.0 Å². The zero-order valence-corrected chi connectivity index (χ0v) is 23.0. The highest BCUT2D eigenvalue weighted by Gasteiger charge is 2.42. The molecule has 0 aliphatic rings. The van der Waals surface area contributed by atoms with Crippen LogP contribution in [-0.4, -0.2) is 20.8 Å². The van der Waals surface area contributed by atoms with E-state index in [1.165, 1.54) is 6.92 Å². The molecule has 4 nitrogen and oxygen atoms in total. The van der Waals surface area contributed by atoms with Crippen molar-refractivity contribution < 1.29 is 13.2 Å². The predicted octanol–water partition coefficient (Wildman–Crippen LogP) is 8.19. The third-order valence-electron chi connectivity index (χ3n) is 5.49. The molecule has 0 saturated carbocycles. The maximum Gasteiger partial charge on any atom is 0.397 e. The van der Waals surface area contributed by atoms with Crippen molar-refractivity contribution >= 4 is 55.9 Å². The minimum Gasteiger partial charge on any atom is -0.323 e. The lowest BCUT2D eigenvalue weighted by molar-refractivity contribution is -0.155. The first kappa shape index (κ1) is 27.9. The molecule has 0 fully saturated rings. The summed E-state index contributed by atoms with van der Waals surface area (Å²) in [5.74, 6) is 4.58. The van der Waals surface area contributed by atoms with Gasteiger partial charge in [-0.15, -0.1) is 11.8 Å². The Labute approximate surface area is 225 Å². The van der Waals surface area contributed by atoms with E-state index in [1.807, 2.05) is 41.8 Å². The van der Waals surface area contributed by atoms with Crippen LogP contribution in [0.5, 0.6) is 0 Å². The number of hydrogen-bond acceptors (Lipinski definition) is 4. The Hall–Kier alpha value is -1.68. The number of nitrogens with two attached hydrogens (primary N) is 1. The first-order valence-electron chi connectivity index (χ1n) is 10.8. The monoisotopic (exact) mass is 606 g/mol. The van der Waals surface area contributed by atoms with Gasteiger partial charge in [0.1, 0.15) is 16.8 Å². The molecule has 0 saturated heterocycles. The number of nitrogens with zero attached hydrogens (tertiary/aromatic N) is 3. The molecular formula is C24H24BrCl2F3N4S. The predicted molar refractivity (Wildman–Crippen MR) is 143 cm³/mol. The summed E-state index contributed by atoms with van der Waals surface area (Å²) in [4.78, 5) is 4.85. The van der Waals surface area contributed by atoms with Gasteiger partial charge in [-0.05, 0) is 54.8 Å². The number of aromatic nitrogens is 2. The van der Waals surface area contributed by atoms with Gasteiger partial charge < -0.3 is 10.4 Å². The molecule has 3 rings (SSSR count). The number of halogens is 6. The van der Waals surface area contributed by atoms with E-state index >= 15 is 0 Å². The van der Waals surface area contributed by atoms with Gasteiger partial charge in [-0.25, -0.2) is 4.98 Å². The first-order valence-corrected chi connectivity index (χ1v) is 13.4. The van der Waals surface area contributed by atoms with E-state index in [0.717, 1.165) is 39.0 Å². The Bertz CT molecular complexity index is 1200. The fraction of sp³-hybridized carbons (Fsp3) is 0.333. The maximum absolute atomic E-state index is 13.5. The van der Waals surface area contributed by atoms with E-state index in [1.54, 1.807) is 12.1 Å².